The third kappa shape index (κ3) is 4.18. The van der Waals surface area contributed by atoms with Gasteiger partial charge in [-0.25, -0.2) is 4.79 Å². The number of esters is 1. The molecule has 0 saturated heterocycles. The Kier molecular flexibility index (Phi) is 5.07. The average molecular weight is 252 g/mol. The Morgan fingerprint density at radius 1 is 1.53 bits per heavy atom. The van der Waals surface area contributed by atoms with Gasteiger partial charge in [0, 0.05) is 9.93 Å². The van der Waals surface area contributed by atoms with Crippen LogP contribution in [-0.4, -0.2) is 12.6 Å². The van der Waals surface area contributed by atoms with Gasteiger partial charge >= 0.3 is 5.97 Å². The number of ether oxygens (including phenoxy) is 1. The lowest BCUT2D eigenvalue weighted by Gasteiger charge is -2.01. The molecule has 1 rings (SSSR count). The number of carbonyl (C=O) groups excluding carboxylic acids is 1. The summed E-state index contributed by atoms with van der Waals surface area (Å²) in [5.41, 5.74) is 8.98. The maximum atomic E-state index is 11.4. The van der Waals surface area contributed by atoms with Gasteiger partial charge in [-0.2, -0.15) is 0 Å². The maximum Gasteiger partial charge on any atom is 0.340 e. The fraction of sp³-hybridized carbons (Fsp3) is 0.182. The number of rotatable bonds is 4. The molecule has 1 aromatic carbocycles. The molecule has 0 aliphatic heterocycles. The van der Waals surface area contributed by atoms with Crippen molar-refractivity contribution in [3.8, 4) is 0 Å². The van der Waals surface area contributed by atoms with E-state index in [9.17, 15) is 4.79 Å². The van der Waals surface area contributed by atoms with Gasteiger partial charge in [0.1, 0.15) is 5.70 Å². The number of carbonyl (C=O) groups is 1. The minimum Gasteiger partial charge on any atom is -0.462 e. The van der Waals surface area contributed by atoms with Crippen LogP contribution in [0.2, 0.25) is 5.02 Å². The van der Waals surface area contributed by atoms with Crippen LogP contribution in [0.25, 0.3) is 16.5 Å². The first-order chi connectivity index (χ1) is 8.17. The van der Waals surface area contributed by atoms with Gasteiger partial charge in [0.15, 0.2) is 0 Å². The first kappa shape index (κ1) is 13.1. The summed E-state index contributed by atoms with van der Waals surface area (Å²) in [4.78, 5) is 14.0. The van der Waals surface area contributed by atoms with E-state index in [1.807, 2.05) is 0 Å². The minimum absolute atomic E-state index is 0.0864. The number of halogens is 1. The fourth-order valence-electron chi connectivity index (χ4n) is 1.10. The summed E-state index contributed by atoms with van der Waals surface area (Å²) in [6.45, 7) is 1.89. The predicted octanol–water partition coefficient (Wildman–Crippen LogP) is 3.55. The predicted molar refractivity (Wildman–Crippen MR) is 65.2 cm³/mol. The highest BCUT2D eigenvalue weighted by molar-refractivity contribution is 6.30. The first-order valence-electron chi connectivity index (χ1n) is 4.87. The van der Waals surface area contributed by atoms with Gasteiger partial charge in [-0.1, -0.05) is 28.8 Å². The van der Waals surface area contributed by atoms with Gasteiger partial charge in [0.25, 0.3) is 0 Å². The SMILES string of the molecule is CCOC(=O)C(=Cc1ccc(Cl)cc1)N=[N+]=[N-]. The summed E-state index contributed by atoms with van der Waals surface area (Å²) in [5.74, 6) is -0.653. The summed E-state index contributed by atoms with van der Waals surface area (Å²) in [6, 6.07) is 6.75. The third-order valence-corrected chi connectivity index (χ3v) is 2.06. The Bertz CT molecular complexity index is 476. The van der Waals surface area contributed by atoms with Gasteiger partial charge < -0.3 is 4.74 Å². The molecule has 0 bridgehead atoms. The van der Waals surface area contributed by atoms with Crippen LogP contribution in [-0.2, 0) is 9.53 Å². The summed E-state index contributed by atoms with van der Waals surface area (Å²) in [6.07, 6.45) is 1.44. The van der Waals surface area contributed by atoms with Gasteiger partial charge in [-0.05, 0) is 36.2 Å². The normalized spacial score (nSPS) is 10.6. The van der Waals surface area contributed by atoms with Gasteiger partial charge in [-0.15, -0.1) is 0 Å². The molecule has 5 nitrogen and oxygen atoms in total. The van der Waals surface area contributed by atoms with Crippen molar-refractivity contribution in [3.63, 3.8) is 0 Å². The lowest BCUT2D eigenvalue weighted by molar-refractivity contribution is -0.138. The van der Waals surface area contributed by atoms with Crippen molar-refractivity contribution < 1.29 is 9.53 Å². The quantitative estimate of drug-likeness (QED) is 0.270. The highest BCUT2D eigenvalue weighted by atomic mass is 35.5. The number of nitrogens with zero attached hydrogens (tertiary/aromatic N) is 3. The number of benzene rings is 1. The van der Waals surface area contributed by atoms with Crippen molar-refractivity contribution in [1.29, 1.82) is 0 Å². The summed E-state index contributed by atoms with van der Waals surface area (Å²) < 4.78 is 4.75. The zero-order chi connectivity index (χ0) is 12.7. The van der Waals surface area contributed by atoms with Crippen LogP contribution < -0.4 is 0 Å². The molecule has 0 unspecified atom stereocenters. The van der Waals surface area contributed by atoms with Crippen LogP contribution in [0.4, 0.5) is 0 Å². The second-order valence-corrected chi connectivity index (χ2v) is 3.43. The topological polar surface area (TPSA) is 75.1 Å². The molecular formula is C11H10ClN3O2. The molecule has 6 heteroatoms. The average Bonchev–Trinajstić information content (AvgIpc) is 2.31. The van der Waals surface area contributed by atoms with E-state index in [1.54, 1.807) is 31.2 Å². The molecule has 17 heavy (non-hydrogen) atoms. The second-order valence-electron chi connectivity index (χ2n) is 2.99. The van der Waals surface area contributed by atoms with Crippen molar-refractivity contribution in [2.75, 3.05) is 6.61 Å². The minimum atomic E-state index is -0.653. The molecule has 0 amide bonds. The van der Waals surface area contributed by atoms with Crippen molar-refractivity contribution >= 4 is 23.6 Å². The van der Waals surface area contributed by atoms with E-state index in [1.165, 1.54) is 6.08 Å². The van der Waals surface area contributed by atoms with Crippen molar-refractivity contribution in [1.82, 2.24) is 0 Å². The standard InChI is InChI=1S/C11H10ClN3O2/c1-2-17-11(16)10(14-15-13)7-8-3-5-9(12)6-4-8/h3-7H,2H2,1H3. The highest BCUT2D eigenvalue weighted by Gasteiger charge is 2.08. The Morgan fingerprint density at radius 2 is 2.18 bits per heavy atom. The molecule has 88 valence electrons. The van der Waals surface area contributed by atoms with Crippen LogP contribution in [0.3, 0.4) is 0 Å². The van der Waals surface area contributed by atoms with E-state index >= 15 is 0 Å². The van der Waals surface area contributed by atoms with Crippen molar-refractivity contribution in [2.24, 2.45) is 5.11 Å². The Morgan fingerprint density at radius 3 is 2.71 bits per heavy atom. The zero-order valence-corrected chi connectivity index (χ0v) is 9.89. The van der Waals surface area contributed by atoms with Crippen LogP contribution in [0.1, 0.15) is 12.5 Å². The lowest BCUT2D eigenvalue weighted by atomic mass is 10.2. The lowest BCUT2D eigenvalue weighted by Crippen LogP contribution is -2.05. The van der Waals surface area contributed by atoms with Crippen LogP contribution in [0, 0.1) is 0 Å². The third-order valence-electron chi connectivity index (χ3n) is 1.81. The summed E-state index contributed by atoms with van der Waals surface area (Å²) in [7, 11) is 0. The molecule has 0 radical (unpaired) electrons. The van der Waals surface area contributed by atoms with Gasteiger partial charge in [0.2, 0.25) is 0 Å². The van der Waals surface area contributed by atoms with Crippen LogP contribution in [0.15, 0.2) is 35.1 Å². The fourth-order valence-corrected chi connectivity index (χ4v) is 1.22. The molecule has 0 spiro atoms. The molecule has 0 saturated carbocycles. The molecule has 0 N–H and O–H groups in total. The van der Waals surface area contributed by atoms with E-state index in [2.05, 4.69) is 10.0 Å². The van der Waals surface area contributed by atoms with Crippen LogP contribution in [0.5, 0.6) is 0 Å². The molecule has 0 aliphatic carbocycles. The zero-order valence-electron chi connectivity index (χ0n) is 9.13. The van der Waals surface area contributed by atoms with E-state index in [0.717, 1.165) is 0 Å². The Balaban J connectivity index is 3.01. The largest absolute Gasteiger partial charge is 0.462 e. The molecular weight excluding hydrogens is 242 g/mol. The van der Waals surface area contributed by atoms with Gasteiger partial charge in [0.05, 0.1) is 6.61 Å². The molecule has 0 aromatic heterocycles. The van der Waals surface area contributed by atoms with Crippen LogP contribution >= 0.6 is 11.6 Å². The summed E-state index contributed by atoms with van der Waals surface area (Å²) in [5, 5.41) is 3.88. The summed E-state index contributed by atoms with van der Waals surface area (Å²) >= 11 is 5.73. The Labute approximate surface area is 103 Å². The van der Waals surface area contributed by atoms with E-state index < -0.39 is 5.97 Å². The molecule has 1 aromatic rings. The molecule has 0 aliphatic rings. The van der Waals surface area contributed by atoms with E-state index in [4.69, 9.17) is 21.9 Å². The number of hydrogen-bond acceptors (Lipinski definition) is 3. The second kappa shape index (κ2) is 6.58. The maximum absolute atomic E-state index is 11.4. The monoisotopic (exact) mass is 251 g/mol. The molecule has 0 fully saturated rings. The number of hydrogen-bond donors (Lipinski definition) is 0. The molecule has 0 heterocycles. The highest BCUT2D eigenvalue weighted by Crippen LogP contribution is 2.14. The van der Waals surface area contributed by atoms with Crippen molar-refractivity contribution in [3.05, 3.63) is 51.0 Å². The van der Waals surface area contributed by atoms with E-state index in [-0.39, 0.29) is 12.3 Å². The first-order valence-corrected chi connectivity index (χ1v) is 5.24. The smallest absolute Gasteiger partial charge is 0.340 e. The Hall–Kier alpha value is -1.97. The van der Waals surface area contributed by atoms with E-state index in [0.29, 0.717) is 10.6 Å². The van der Waals surface area contributed by atoms with Crippen molar-refractivity contribution in [2.45, 2.75) is 6.92 Å². The number of azide groups is 1. The molecule has 0 atom stereocenters. The van der Waals surface area contributed by atoms with Gasteiger partial charge in [-0.3, -0.25) is 0 Å².